The summed E-state index contributed by atoms with van der Waals surface area (Å²) in [6.45, 7) is 7.38. The SMILES string of the molecule is CC12CCC3C(CCC4CC(OC5CCCOC5)CCC43C)C1CCC2CCO. The first kappa shape index (κ1) is 20.8. The first-order chi connectivity index (χ1) is 14.0. The van der Waals surface area contributed by atoms with Gasteiger partial charge in [0, 0.05) is 13.2 Å². The minimum atomic E-state index is 0.354. The summed E-state index contributed by atoms with van der Waals surface area (Å²) in [5.41, 5.74) is 1.05. The van der Waals surface area contributed by atoms with Gasteiger partial charge in [-0.05, 0) is 117 Å². The predicted octanol–water partition coefficient (Wildman–Crippen LogP) is 5.59. The van der Waals surface area contributed by atoms with Crippen LogP contribution in [0.5, 0.6) is 0 Å². The Morgan fingerprint density at radius 2 is 1.72 bits per heavy atom. The van der Waals surface area contributed by atoms with Gasteiger partial charge in [-0.15, -0.1) is 0 Å². The summed E-state index contributed by atoms with van der Waals surface area (Å²) in [6.07, 6.45) is 16.7. The summed E-state index contributed by atoms with van der Waals surface area (Å²) in [5.74, 6) is 4.44. The summed E-state index contributed by atoms with van der Waals surface area (Å²) in [7, 11) is 0. The highest BCUT2D eigenvalue weighted by Crippen LogP contribution is 2.67. The summed E-state index contributed by atoms with van der Waals surface area (Å²) < 4.78 is 12.2. The molecule has 166 valence electrons. The van der Waals surface area contributed by atoms with E-state index in [1.54, 1.807) is 0 Å². The largest absolute Gasteiger partial charge is 0.396 e. The Labute approximate surface area is 178 Å². The Bertz CT molecular complexity index is 572. The highest BCUT2D eigenvalue weighted by atomic mass is 16.5. The van der Waals surface area contributed by atoms with Crippen molar-refractivity contribution < 1.29 is 14.6 Å². The molecule has 5 aliphatic rings. The van der Waals surface area contributed by atoms with E-state index < -0.39 is 0 Å². The molecule has 1 N–H and O–H groups in total. The second-order valence-corrected chi connectivity index (χ2v) is 11.9. The zero-order chi connectivity index (χ0) is 20.1. The number of rotatable bonds is 4. The molecular formula is C26H44O3. The van der Waals surface area contributed by atoms with Crippen LogP contribution in [0.15, 0.2) is 0 Å². The molecule has 0 bridgehead atoms. The molecule has 29 heavy (non-hydrogen) atoms. The van der Waals surface area contributed by atoms with E-state index >= 15 is 0 Å². The van der Waals surface area contributed by atoms with Gasteiger partial charge >= 0.3 is 0 Å². The van der Waals surface area contributed by atoms with Gasteiger partial charge in [-0.25, -0.2) is 0 Å². The van der Waals surface area contributed by atoms with Crippen molar-refractivity contribution in [2.24, 2.45) is 40.4 Å². The second kappa shape index (κ2) is 8.10. The lowest BCUT2D eigenvalue weighted by molar-refractivity contribution is -0.154. The molecule has 4 aliphatic carbocycles. The van der Waals surface area contributed by atoms with Crippen molar-refractivity contribution in [3.63, 3.8) is 0 Å². The molecule has 5 rings (SSSR count). The number of aliphatic hydroxyl groups excluding tert-OH is 1. The van der Waals surface area contributed by atoms with Gasteiger partial charge in [0.15, 0.2) is 0 Å². The number of hydrogen-bond donors (Lipinski definition) is 1. The molecule has 0 aromatic carbocycles. The van der Waals surface area contributed by atoms with E-state index in [9.17, 15) is 5.11 Å². The maximum atomic E-state index is 9.58. The molecule has 0 radical (unpaired) electrons. The third kappa shape index (κ3) is 3.52. The summed E-state index contributed by atoms with van der Waals surface area (Å²) in [4.78, 5) is 0. The Kier molecular flexibility index (Phi) is 5.80. The van der Waals surface area contributed by atoms with Crippen molar-refractivity contribution >= 4 is 0 Å². The lowest BCUT2D eigenvalue weighted by Crippen LogP contribution is -2.54. The van der Waals surface area contributed by atoms with Crippen LogP contribution in [0.3, 0.4) is 0 Å². The number of ether oxygens (including phenoxy) is 2. The van der Waals surface area contributed by atoms with E-state index in [1.807, 2.05) is 0 Å². The Balaban J connectivity index is 1.26. The first-order valence-electron chi connectivity index (χ1n) is 12.9. The predicted molar refractivity (Wildman–Crippen MR) is 116 cm³/mol. The Hall–Kier alpha value is -0.120. The lowest BCUT2D eigenvalue weighted by atomic mass is 9.44. The third-order valence-corrected chi connectivity index (χ3v) is 10.8. The molecule has 4 saturated carbocycles. The van der Waals surface area contributed by atoms with Crippen molar-refractivity contribution in [3.05, 3.63) is 0 Å². The number of aliphatic hydroxyl groups is 1. The molecular weight excluding hydrogens is 360 g/mol. The first-order valence-corrected chi connectivity index (χ1v) is 12.9. The molecule has 9 unspecified atom stereocenters. The highest BCUT2D eigenvalue weighted by molar-refractivity contribution is 5.09. The zero-order valence-electron chi connectivity index (χ0n) is 18.9. The Morgan fingerprint density at radius 1 is 0.897 bits per heavy atom. The lowest BCUT2D eigenvalue weighted by Gasteiger charge is -2.61. The number of hydrogen-bond acceptors (Lipinski definition) is 3. The fourth-order valence-electron chi connectivity index (χ4n) is 9.17. The topological polar surface area (TPSA) is 38.7 Å². The van der Waals surface area contributed by atoms with Gasteiger partial charge in [-0.3, -0.25) is 0 Å². The normalized spacial score (nSPS) is 52.4. The molecule has 1 aliphatic heterocycles. The van der Waals surface area contributed by atoms with Gasteiger partial charge in [-0.2, -0.15) is 0 Å². The van der Waals surface area contributed by atoms with Gasteiger partial charge < -0.3 is 14.6 Å². The minimum absolute atomic E-state index is 0.354. The minimum Gasteiger partial charge on any atom is -0.396 e. The molecule has 3 nitrogen and oxygen atoms in total. The van der Waals surface area contributed by atoms with Crippen molar-refractivity contribution in [2.75, 3.05) is 19.8 Å². The van der Waals surface area contributed by atoms with Crippen LogP contribution < -0.4 is 0 Å². The zero-order valence-corrected chi connectivity index (χ0v) is 18.9. The molecule has 3 heteroatoms. The highest BCUT2D eigenvalue weighted by Gasteiger charge is 2.60. The van der Waals surface area contributed by atoms with E-state index in [0.29, 0.717) is 29.6 Å². The molecule has 0 aromatic rings. The summed E-state index contributed by atoms with van der Waals surface area (Å²) in [6, 6.07) is 0. The molecule has 0 spiro atoms. The van der Waals surface area contributed by atoms with Crippen LogP contribution in [0.1, 0.15) is 90.9 Å². The smallest absolute Gasteiger partial charge is 0.0813 e. The molecule has 9 atom stereocenters. The van der Waals surface area contributed by atoms with E-state index in [-0.39, 0.29) is 0 Å². The quantitative estimate of drug-likeness (QED) is 0.663. The van der Waals surface area contributed by atoms with Crippen LogP contribution >= 0.6 is 0 Å². The monoisotopic (exact) mass is 404 g/mol. The summed E-state index contributed by atoms with van der Waals surface area (Å²) in [5, 5.41) is 9.58. The fourth-order valence-corrected chi connectivity index (χ4v) is 9.17. The standard InChI is InChI=1S/C26H44O3/c1-25-13-10-24-22(23(25)8-6-18(25)11-14-27)7-5-19-16-20(9-12-26(19,24)2)29-21-4-3-15-28-17-21/h18-24,27H,3-17H2,1-2H3. The molecule has 1 saturated heterocycles. The Morgan fingerprint density at radius 3 is 2.52 bits per heavy atom. The molecule has 1 heterocycles. The molecule has 0 amide bonds. The molecule has 0 aromatic heterocycles. The number of fused-ring (bicyclic) bond motifs is 5. The van der Waals surface area contributed by atoms with E-state index in [1.165, 1.54) is 70.6 Å². The van der Waals surface area contributed by atoms with Crippen LogP contribution in [0.25, 0.3) is 0 Å². The van der Waals surface area contributed by atoms with Crippen LogP contribution in [0, 0.1) is 40.4 Å². The van der Waals surface area contributed by atoms with Crippen LogP contribution in [0.4, 0.5) is 0 Å². The maximum Gasteiger partial charge on any atom is 0.0813 e. The average molecular weight is 405 g/mol. The van der Waals surface area contributed by atoms with Crippen LogP contribution in [-0.4, -0.2) is 37.1 Å². The van der Waals surface area contributed by atoms with Gasteiger partial charge in [0.05, 0.1) is 18.8 Å². The summed E-state index contributed by atoms with van der Waals surface area (Å²) >= 11 is 0. The van der Waals surface area contributed by atoms with Crippen molar-refractivity contribution in [3.8, 4) is 0 Å². The van der Waals surface area contributed by atoms with Crippen LogP contribution in [-0.2, 0) is 9.47 Å². The van der Waals surface area contributed by atoms with Crippen molar-refractivity contribution in [2.45, 2.75) is 103 Å². The van der Waals surface area contributed by atoms with Gasteiger partial charge in [0.1, 0.15) is 0 Å². The van der Waals surface area contributed by atoms with E-state index in [0.717, 1.165) is 49.2 Å². The van der Waals surface area contributed by atoms with Crippen molar-refractivity contribution in [1.29, 1.82) is 0 Å². The van der Waals surface area contributed by atoms with Crippen molar-refractivity contribution in [1.82, 2.24) is 0 Å². The van der Waals surface area contributed by atoms with Gasteiger partial charge in [0.2, 0.25) is 0 Å². The van der Waals surface area contributed by atoms with E-state index in [2.05, 4.69) is 13.8 Å². The van der Waals surface area contributed by atoms with Gasteiger partial charge in [0.25, 0.3) is 0 Å². The molecule has 5 fully saturated rings. The van der Waals surface area contributed by atoms with E-state index in [4.69, 9.17) is 9.47 Å². The second-order valence-electron chi connectivity index (χ2n) is 11.9. The van der Waals surface area contributed by atoms with Crippen LogP contribution in [0.2, 0.25) is 0 Å². The average Bonchev–Trinajstić information content (AvgIpc) is 3.06. The fraction of sp³-hybridized carbons (Fsp3) is 1.00. The van der Waals surface area contributed by atoms with Gasteiger partial charge in [-0.1, -0.05) is 13.8 Å². The third-order valence-electron chi connectivity index (χ3n) is 10.8. The maximum absolute atomic E-state index is 9.58.